The highest BCUT2D eigenvalue weighted by molar-refractivity contribution is 7.99. The number of hydrogen-bond donors (Lipinski definition) is 2. The second-order valence-corrected chi connectivity index (χ2v) is 6.36. The number of nitrogens with one attached hydrogen (secondary N) is 2. The SMILES string of the molecule is O=C(NCC#Cc1ccccc1)N[C@H]1CCSc2ccccc21. The van der Waals surface area contributed by atoms with Gasteiger partial charge in [-0.1, -0.05) is 48.2 Å². The second-order valence-electron chi connectivity index (χ2n) is 5.22. The number of rotatable bonds is 2. The Morgan fingerprint density at radius 3 is 2.78 bits per heavy atom. The molecular formula is C19H18N2OS. The molecule has 0 aliphatic carbocycles. The van der Waals surface area contributed by atoms with E-state index < -0.39 is 0 Å². The molecule has 2 N–H and O–H groups in total. The molecule has 3 rings (SSSR count). The summed E-state index contributed by atoms with van der Waals surface area (Å²) < 4.78 is 0. The summed E-state index contributed by atoms with van der Waals surface area (Å²) in [6, 6.07) is 17.9. The van der Waals surface area contributed by atoms with Crippen LogP contribution in [-0.4, -0.2) is 18.3 Å². The van der Waals surface area contributed by atoms with Gasteiger partial charge in [0.2, 0.25) is 0 Å². The summed E-state index contributed by atoms with van der Waals surface area (Å²) >= 11 is 1.84. The van der Waals surface area contributed by atoms with Gasteiger partial charge in [-0.15, -0.1) is 11.8 Å². The number of benzene rings is 2. The Morgan fingerprint density at radius 2 is 1.91 bits per heavy atom. The van der Waals surface area contributed by atoms with E-state index in [-0.39, 0.29) is 12.1 Å². The lowest BCUT2D eigenvalue weighted by Crippen LogP contribution is -2.39. The maximum Gasteiger partial charge on any atom is 0.316 e. The van der Waals surface area contributed by atoms with Crippen LogP contribution in [0, 0.1) is 11.8 Å². The molecule has 0 saturated carbocycles. The van der Waals surface area contributed by atoms with Gasteiger partial charge in [-0.3, -0.25) is 0 Å². The molecule has 0 unspecified atom stereocenters. The van der Waals surface area contributed by atoms with Gasteiger partial charge in [0.1, 0.15) is 0 Å². The van der Waals surface area contributed by atoms with Crippen molar-refractivity contribution in [1.82, 2.24) is 10.6 Å². The summed E-state index contributed by atoms with van der Waals surface area (Å²) in [6.07, 6.45) is 0.949. The Morgan fingerprint density at radius 1 is 1.13 bits per heavy atom. The molecule has 4 heteroatoms. The van der Waals surface area contributed by atoms with Crippen LogP contribution in [0.1, 0.15) is 23.6 Å². The predicted molar refractivity (Wildman–Crippen MR) is 94.4 cm³/mol. The van der Waals surface area contributed by atoms with Crippen molar-refractivity contribution < 1.29 is 4.79 Å². The molecule has 0 spiro atoms. The van der Waals surface area contributed by atoms with Crippen molar-refractivity contribution in [2.45, 2.75) is 17.4 Å². The van der Waals surface area contributed by atoms with E-state index in [1.807, 2.05) is 54.2 Å². The van der Waals surface area contributed by atoms with E-state index in [0.29, 0.717) is 6.54 Å². The number of hydrogen-bond acceptors (Lipinski definition) is 2. The lowest BCUT2D eigenvalue weighted by atomic mass is 10.0. The standard InChI is InChI=1S/C19H18N2OS/c22-19(20-13-6-9-15-7-2-1-3-8-15)21-17-12-14-23-18-11-5-4-10-16(17)18/h1-5,7-8,10-11,17H,12-14H2,(H2,20,21,22)/t17-/m0/s1. The Balaban J connectivity index is 1.52. The topological polar surface area (TPSA) is 41.1 Å². The smallest absolute Gasteiger partial charge is 0.316 e. The lowest BCUT2D eigenvalue weighted by Gasteiger charge is -2.25. The molecule has 1 aliphatic rings. The number of carbonyl (C=O) groups is 1. The van der Waals surface area contributed by atoms with Crippen molar-refractivity contribution in [2.75, 3.05) is 12.3 Å². The van der Waals surface area contributed by atoms with Gasteiger partial charge in [0.05, 0.1) is 12.6 Å². The molecular weight excluding hydrogens is 304 g/mol. The molecule has 3 nitrogen and oxygen atoms in total. The number of fused-ring (bicyclic) bond motifs is 1. The first-order valence-corrected chi connectivity index (χ1v) is 8.61. The highest BCUT2D eigenvalue weighted by Gasteiger charge is 2.21. The minimum Gasteiger partial charge on any atom is -0.331 e. The molecule has 0 radical (unpaired) electrons. The van der Waals surface area contributed by atoms with Crippen molar-refractivity contribution in [3.63, 3.8) is 0 Å². The van der Waals surface area contributed by atoms with E-state index in [0.717, 1.165) is 17.7 Å². The molecule has 2 aromatic rings. The summed E-state index contributed by atoms with van der Waals surface area (Å²) in [5.74, 6) is 7.01. The zero-order valence-corrected chi connectivity index (χ0v) is 13.5. The van der Waals surface area contributed by atoms with Crippen LogP contribution in [0.2, 0.25) is 0 Å². The molecule has 0 aromatic heterocycles. The van der Waals surface area contributed by atoms with Crippen LogP contribution in [0.3, 0.4) is 0 Å². The first-order chi connectivity index (χ1) is 11.3. The van der Waals surface area contributed by atoms with Crippen LogP contribution in [-0.2, 0) is 0 Å². The highest BCUT2D eigenvalue weighted by atomic mass is 32.2. The summed E-state index contributed by atoms with van der Waals surface area (Å²) in [6.45, 7) is 0.337. The van der Waals surface area contributed by atoms with Crippen LogP contribution in [0.25, 0.3) is 0 Å². The third kappa shape index (κ3) is 4.30. The van der Waals surface area contributed by atoms with Gasteiger partial charge in [-0.2, -0.15) is 0 Å². The number of thioether (sulfide) groups is 1. The van der Waals surface area contributed by atoms with E-state index in [1.54, 1.807) is 0 Å². The third-order valence-corrected chi connectivity index (χ3v) is 4.73. The van der Waals surface area contributed by atoms with Gasteiger partial charge in [-0.05, 0) is 30.2 Å². The Hall–Kier alpha value is -2.38. The van der Waals surface area contributed by atoms with Gasteiger partial charge < -0.3 is 10.6 Å². The van der Waals surface area contributed by atoms with E-state index in [9.17, 15) is 4.79 Å². The fourth-order valence-electron chi connectivity index (χ4n) is 2.49. The quantitative estimate of drug-likeness (QED) is 0.830. The molecule has 0 fully saturated rings. The van der Waals surface area contributed by atoms with E-state index in [1.165, 1.54) is 10.5 Å². The zero-order valence-electron chi connectivity index (χ0n) is 12.7. The average molecular weight is 322 g/mol. The van der Waals surface area contributed by atoms with E-state index >= 15 is 0 Å². The second kappa shape index (κ2) is 7.75. The van der Waals surface area contributed by atoms with Gasteiger partial charge >= 0.3 is 6.03 Å². The number of carbonyl (C=O) groups excluding carboxylic acids is 1. The molecule has 23 heavy (non-hydrogen) atoms. The number of urea groups is 1. The van der Waals surface area contributed by atoms with E-state index in [4.69, 9.17) is 0 Å². The molecule has 1 aliphatic heterocycles. The van der Waals surface area contributed by atoms with Crippen molar-refractivity contribution in [2.24, 2.45) is 0 Å². The minimum absolute atomic E-state index is 0.0783. The summed E-state index contributed by atoms with van der Waals surface area (Å²) in [4.78, 5) is 13.3. The van der Waals surface area contributed by atoms with Gasteiger partial charge in [0.15, 0.2) is 0 Å². The molecule has 1 heterocycles. The maximum absolute atomic E-state index is 12.0. The fraction of sp³-hybridized carbons (Fsp3) is 0.211. The van der Waals surface area contributed by atoms with Crippen LogP contribution in [0.15, 0.2) is 59.5 Å². The lowest BCUT2D eigenvalue weighted by molar-refractivity contribution is 0.237. The molecule has 1 atom stereocenters. The zero-order chi connectivity index (χ0) is 15.9. The van der Waals surface area contributed by atoms with Gasteiger partial charge in [0.25, 0.3) is 0 Å². The van der Waals surface area contributed by atoms with Crippen molar-refractivity contribution in [1.29, 1.82) is 0 Å². The number of amides is 2. The van der Waals surface area contributed by atoms with Crippen molar-refractivity contribution in [3.8, 4) is 11.8 Å². The third-order valence-electron chi connectivity index (χ3n) is 3.61. The fourth-order valence-corrected chi connectivity index (χ4v) is 3.62. The van der Waals surface area contributed by atoms with Crippen LogP contribution < -0.4 is 10.6 Å². The molecule has 2 amide bonds. The van der Waals surface area contributed by atoms with Crippen LogP contribution in [0.4, 0.5) is 4.79 Å². The Bertz CT molecular complexity index is 734. The molecule has 0 saturated heterocycles. The predicted octanol–water partition coefficient (Wildman–Crippen LogP) is 3.57. The van der Waals surface area contributed by atoms with Crippen molar-refractivity contribution in [3.05, 3.63) is 65.7 Å². The summed E-state index contributed by atoms with van der Waals surface area (Å²) in [7, 11) is 0. The van der Waals surface area contributed by atoms with E-state index in [2.05, 4.69) is 34.6 Å². The Labute approximate surface area is 140 Å². The normalized spacial score (nSPS) is 15.7. The first kappa shape index (κ1) is 15.5. The van der Waals surface area contributed by atoms with Crippen LogP contribution in [0.5, 0.6) is 0 Å². The summed E-state index contributed by atoms with van der Waals surface area (Å²) in [5.41, 5.74) is 2.15. The largest absolute Gasteiger partial charge is 0.331 e. The Kier molecular flexibility index (Phi) is 5.23. The minimum atomic E-state index is -0.168. The molecule has 2 aromatic carbocycles. The maximum atomic E-state index is 12.0. The highest BCUT2D eigenvalue weighted by Crippen LogP contribution is 2.35. The van der Waals surface area contributed by atoms with Gasteiger partial charge in [-0.25, -0.2) is 4.79 Å². The van der Waals surface area contributed by atoms with Crippen molar-refractivity contribution >= 4 is 17.8 Å². The monoisotopic (exact) mass is 322 g/mol. The van der Waals surface area contributed by atoms with Crippen LogP contribution >= 0.6 is 11.8 Å². The molecule has 116 valence electrons. The first-order valence-electron chi connectivity index (χ1n) is 7.63. The molecule has 0 bridgehead atoms. The average Bonchev–Trinajstić information content (AvgIpc) is 2.60. The summed E-state index contributed by atoms with van der Waals surface area (Å²) in [5, 5.41) is 5.84. The van der Waals surface area contributed by atoms with Gasteiger partial charge in [0, 0.05) is 16.2 Å².